The lowest BCUT2D eigenvalue weighted by molar-refractivity contribution is 0.129. The maximum Gasteiger partial charge on any atom is 0.241 e. The van der Waals surface area contributed by atoms with Gasteiger partial charge in [-0.2, -0.15) is 0 Å². The van der Waals surface area contributed by atoms with Crippen LogP contribution in [0.4, 0.5) is 0 Å². The van der Waals surface area contributed by atoms with Crippen molar-refractivity contribution < 1.29 is 13.2 Å². The van der Waals surface area contributed by atoms with Gasteiger partial charge in [0.05, 0.1) is 11.5 Å². The van der Waals surface area contributed by atoms with E-state index in [1.165, 1.54) is 24.2 Å². The van der Waals surface area contributed by atoms with Crippen molar-refractivity contribution in [3.63, 3.8) is 0 Å². The predicted molar refractivity (Wildman–Crippen MR) is 75.7 cm³/mol. The van der Waals surface area contributed by atoms with Crippen molar-refractivity contribution in [3.05, 3.63) is 15.8 Å². The van der Waals surface area contributed by atoms with Crippen molar-refractivity contribution in [3.8, 4) is 0 Å². The Morgan fingerprint density at radius 2 is 2.26 bits per heavy atom. The van der Waals surface area contributed by atoms with Crippen LogP contribution in [-0.4, -0.2) is 28.2 Å². The molecule has 1 aromatic rings. The number of rotatable bonds is 8. The van der Waals surface area contributed by atoms with Gasteiger partial charge in [0.1, 0.15) is 0 Å². The SMILES string of the molecule is Cc1sc(CN)cc1S(=O)(=O)NCCOCC1CC1. The Bertz CT molecular complexity index is 521. The van der Waals surface area contributed by atoms with E-state index in [2.05, 4.69) is 4.72 Å². The molecule has 0 atom stereocenters. The molecule has 19 heavy (non-hydrogen) atoms. The third-order valence-corrected chi connectivity index (χ3v) is 5.79. The van der Waals surface area contributed by atoms with Crippen molar-refractivity contribution in [1.29, 1.82) is 0 Å². The Balaban J connectivity index is 1.83. The highest BCUT2D eigenvalue weighted by Crippen LogP contribution is 2.28. The zero-order valence-electron chi connectivity index (χ0n) is 11.0. The van der Waals surface area contributed by atoms with Crippen molar-refractivity contribution >= 4 is 21.4 Å². The quantitative estimate of drug-likeness (QED) is 0.708. The normalized spacial score (nSPS) is 15.9. The monoisotopic (exact) mass is 304 g/mol. The van der Waals surface area contributed by atoms with Gasteiger partial charge in [-0.15, -0.1) is 11.3 Å². The minimum absolute atomic E-state index is 0.308. The van der Waals surface area contributed by atoms with Gasteiger partial charge in [-0.1, -0.05) is 0 Å². The van der Waals surface area contributed by atoms with E-state index in [9.17, 15) is 8.42 Å². The van der Waals surface area contributed by atoms with Crippen LogP contribution in [-0.2, 0) is 21.3 Å². The molecule has 1 fully saturated rings. The minimum atomic E-state index is -3.44. The second-order valence-electron chi connectivity index (χ2n) is 4.75. The predicted octanol–water partition coefficient (Wildman–Crippen LogP) is 1.22. The summed E-state index contributed by atoms with van der Waals surface area (Å²) in [5.74, 6) is 0.697. The summed E-state index contributed by atoms with van der Waals surface area (Å²) < 4.78 is 32.1. The fourth-order valence-electron chi connectivity index (χ4n) is 1.75. The number of hydrogen-bond acceptors (Lipinski definition) is 5. The number of nitrogens with two attached hydrogens (primary N) is 1. The summed E-state index contributed by atoms with van der Waals surface area (Å²) in [6.45, 7) is 3.63. The largest absolute Gasteiger partial charge is 0.380 e. The third-order valence-electron chi connectivity index (χ3n) is 3.00. The molecule has 1 heterocycles. The third kappa shape index (κ3) is 4.25. The van der Waals surface area contributed by atoms with Gasteiger partial charge in [0.15, 0.2) is 0 Å². The van der Waals surface area contributed by atoms with Crippen LogP contribution in [0.15, 0.2) is 11.0 Å². The van der Waals surface area contributed by atoms with Crippen LogP contribution < -0.4 is 10.5 Å². The Morgan fingerprint density at radius 3 is 2.84 bits per heavy atom. The zero-order valence-corrected chi connectivity index (χ0v) is 12.6. The maximum absolute atomic E-state index is 12.1. The highest BCUT2D eigenvalue weighted by atomic mass is 32.2. The van der Waals surface area contributed by atoms with Crippen molar-refractivity contribution in [1.82, 2.24) is 4.72 Å². The molecule has 0 saturated heterocycles. The summed E-state index contributed by atoms with van der Waals surface area (Å²) in [6, 6.07) is 1.65. The molecular weight excluding hydrogens is 284 g/mol. The van der Waals surface area contributed by atoms with Gasteiger partial charge in [0.25, 0.3) is 0 Å². The fraction of sp³-hybridized carbons (Fsp3) is 0.667. The van der Waals surface area contributed by atoms with Gasteiger partial charge in [0.2, 0.25) is 10.0 Å². The van der Waals surface area contributed by atoms with E-state index in [0.717, 1.165) is 16.4 Å². The highest BCUT2D eigenvalue weighted by Gasteiger charge is 2.22. The summed E-state index contributed by atoms with van der Waals surface area (Å²) in [5.41, 5.74) is 5.52. The van der Waals surface area contributed by atoms with Crippen LogP contribution in [0.3, 0.4) is 0 Å². The molecule has 108 valence electrons. The highest BCUT2D eigenvalue weighted by molar-refractivity contribution is 7.89. The molecule has 0 amide bonds. The molecule has 0 unspecified atom stereocenters. The number of nitrogens with one attached hydrogen (secondary N) is 1. The molecule has 1 saturated carbocycles. The Labute approximate surface area is 118 Å². The minimum Gasteiger partial charge on any atom is -0.380 e. The average molecular weight is 304 g/mol. The molecule has 1 aromatic heterocycles. The zero-order chi connectivity index (χ0) is 13.9. The standard InChI is InChI=1S/C12H20N2O3S2/c1-9-12(6-11(7-13)18-9)19(15,16)14-4-5-17-8-10-2-3-10/h6,10,14H,2-5,7-8,13H2,1H3. The number of thiophene rings is 1. The topological polar surface area (TPSA) is 81.4 Å². The van der Waals surface area contributed by atoms with Crippen LogP contribution in [0, 0.1) is 12.8 Å². The molecule has 1 aliphatic carbocycles. The average Bonchev–Trinajstić information content (AvgIpc) is 3.10. The number of hydrogen-bond donors (Lipinski definition) is 2. The second-order valence-corrected chi connectivity index (χ2v) is 7.83. The fourth-order valence-corrected chi connectivity index (χ4v) is 4.28. The summed E-state index contributed by atoms with van der Waals surface area (Å²) in [5, 5.41) is 0. The van der Waals surface area contributed by atoms with E-state index in [0.29, 0.717) is 30.5 Å². The maximum atomic E-state index is 12.1. The van der Waals surface area contributed by atoms with E-state index in [1.807, 2.05) is 0 Å². The van der Waals surface area contributed by atoms with E-state index in [4.69, 9.17) is 10.5 Å². The second kappa shape index (κ2) is 6.32. The first-order chi connectivity index (χ1) is 9.03. The van der Waals surface area contributed by atoms with E-state index >= 15 is 0 Å². The van der Waals surface area contributed by atoms with Crippen molar-refractivity contribution in [2.24, 2.45) is 11.7 Å². The Hall–Kier alpha value is -0.470. The molecule has 0 aromatic carbocycles. The van der Waals surface area contributed by atoms with Gasteiger partial charge >= 0.3 is 0 Å². The van der Waals surface area contributed by atoms with Gasteiger partial charge in [0, 0.05) is 29.5 Å². The number of ether oxygens (including phenoxy) is 1. The van der Waals surface area contributed by atoms with Crippen LogP contribution in [0.2, 0.25) is 0 Å². The summed E-state index contributed by atoms with van der Waals surface area (Å²) >= 11 is 1.42. The van der Waals surface area contributed by atoms with Gasteiger partial charge < -0.3 is 10.5 Å². The molecule has 0 aliphatic heterocycles. The molecule has 0 bridgehead atoms. The lowest BCUT2D eigenvalue weighted by Gasteiger charge is -2.06. The molecule has 3 N–H and O–H groups in total. The van der Waals surface area contributed by atoms with E-state index < -0.39 is 10.0 Å². The molecule has 0 spiro atoms. The van der Waals surface area contributed by atoms with Crippen LogP contribution in [0.25, 0.3) is 0 Å². The first-order valence-corrected chi connectivity index (χ1v) is 8.69. The molecule has 7 heteroatoms. The summed E-state index contributed by atoms with van der Waals surface area (Å²) in [6.07, 6.45) is 2.48. The molecule has 0 radical (unpaired) electrons. The lowest BCUT2D eigenvalue weighted by Crippen LogP contribution is -2.27. The smallest absolute Gasteiger partial charge is 0.241 e. The van der Waals surface area contributed by atoms with Crippen LogP contribution in [0.1, 0.15) is 22.6 Å². The van der Waals surface area contributed by atoms with E-state index in [-0.39, 0.29) is 0 Å². The van der Waals surface area contributed by atoms with E-state index in [1.54, 1.807) is 13.0 Å². The summed E-state index contributed by atoms with van der Waals surface area (Å²) in [4.78, 5) is 1.98. The molecule has 2 rings (SSSR count). The lowest BCUT2D eigenvalue weighted by atomic mass is 10.4. The van der Waals surface area contributed by atoms with Crippen molar-refractivity contribution in [2.75, 3.05) is 19.8 Å². The van der Waals surface area contributed by atoms with Crippen molar-refractivity contribution in [2.45, 2.75) is 31.2 Å². The van der Waals surface area contributed by atoms with Gasteiger partial charge in [-0.05, 0) is 31.7 Å². The van der Waals surface area contributed by atoms with Crippen LogP contribution >= 0.6 is 11.3 Å². The summed E-state index contributed by atoms with van der Waals surface area (Å²) in [7, 11) is -3.44. The first-order valence-electron chi connectivity index (χ1n) is 6.39. The molecule has 5 nitrogen and oxygen atoms in total. The Kier molecular flexibility index (Phi) is 4.97. The number of sulfonamides is 1. The molecular formula is C12H20N2O3S2. The van der Waals surface area contributed by atoms with Crippen LogP contribution in [0.5, 0.6) is 0 Å². The molecule has 1 aliphatic rings. The first kappa shape index (κ1) is 14.9. The van der Waals surface area contributed by atoms with Gasteiger partial charge in [-0.3, -0.25) is 0 Å². The number of aryl methyl sites for hydroxylation is 1. The Morgan fingerprint density at radius 1 is 1.53 bits per heavy atom. The van der Waals surface area contributed by atoms with Gasteiger partial charge in [-0.25, -0.2) is 13.1 Å².